The molecular formula is C24H24BrN3OS. The Morgan fingerprint density at radius 2 is 1.60 bits per heavy atom. The van der Waals surface area contributed by atoms with Gasteiger partial charge in [0.15, 0.2) is 0 Å². The molecule has 1 saturated heterocycles. The zero-order chi connectivity index (χ0) is 20.9. The van der Waals surface area contributed by atoms with E-state index in [0.29, 0.717) is 18.7 Å². The molecule has 30 heavy (non-hydrogen) atoms. The molecule has 1 aromatic heterocycles. The Balaban J connectivity index is 1.53. The van der Waals surface area contributed by atoms with Crippen molar-refractivity contribution in [2.24, 2.45) is 0 Å². The van der Waals surface area contributed by atoms with Gasteiger partial charge in [-0.05, 0) is 41.6 Å². The van der Waals surface area contributed by atoms with Crippen molar-refractivity contribution in [2.75, 3.05) is 32.4 Å². The Bertz CT molecular complexity index is 989. The van der Waals surface area contributed by atoms with Crippen molar-refractivity contribution in [1.82, 2.24) is 14.8 Å². The number of halogens is 1. The molecular weight excluding hydrogens is 458 g/mol. The third kappa shape index (κ3) is 4.61. The van der Waals surface area contributed by atoms with Crippen molar-refractivity contribution in [1.29, 1.82) is 0 Å². The van der Waals surface area contributed by atoms with Crippen LogP contribution in [0.5, 0.6) is 0 Å². The number of nitrogens with zero attached hydrogens (tertiary/aromatic N) is 3. The first kappa shape index (κ1) is 21.1. The van der Waals surface area contributed by atoms with Crippen LogP contribution in [0.15, 0.2) is 82.4 Å². The molecule has 4 nitrogen and oxygen atoms in total. The van der Waals surface area contributed by atoms with E-state index in [4.69, 9.17) is 0 Å². The second-order valence-corrected chi connectivity index (χ2v) is 8.96. The number of hydrogen-bond acceptors (Lipinski definition) is 4. The van der Waals surface area contributed by atoms with Crippen LogP contribution in [0, 0.1) is 0 Å². The number of amides is 1. The van der Waals surface area contributed by atoms with Gasteiger partial charge in [-0.2, -0.15) is 0 Å². The summed E-state index contributed by atoms with van der Waals surface area (Å²) in [5.74, 6) is 0.0759. The SMILES string of the molecule is CSc1ncccc1C(=O)N1CCN(C(c2ccccc2)c2ccc(Br)cc2)CC1. The molecule has 0 bridgehead atoms. The summed E-state index contributed by atoms with van der Waals surface area (Å²) in [4.78, 5) is 21.9. The van der Waals surface area contributed by atoms with Crippen molar-refractivity contribution < 1.29 is 4.79 Å². The topological polar surface area (TPSA) is 36.4 Å². The van der Waals surface area contributed by atoms with Gasteiger partial charge >= 0.3 is 0 Å². The fraction of sp³-hybridized carbons (Fsp3) is 0.250. The summed E-state index contributed by atoms with van der Waals surface area (Å²) in [6.45, 7) is 3.08. The van der Waals surface area contributed by atoms with Crippen molar-refractivity contribution in [3.05, 3.63) is 94.1 Å². The molecule has 1 aliphatic rings. The number of thioether (sulfide) groups is 1. The number of aromatic nitrogens is 1. The molecule has 2 heterocycles. The molecule has 1 fully saturated rings. The van der Waals surface area contributed by atoms with Gasteiger partial charge in [-0.15, -0.1) is 11.8 Å². The van der Waals surface area contributed by atoms with Gasteiger partial charge in [0, 0.05) is 36.8 Å². The number of carbonyl (C=O) groups is 1. The van der Waals surface area contributed by atoms with Crippen LogP contribution in [-0.4, -0.2) is 53.1 Å². The number of benzene rings is 2. The molecule has 0 saturated carbocycles. The Morgan fingerprint density at radius 1 is 0.933 bits per heavy atom. The lowest BCUT2D eigenvalue weighted by molar-refractivity contribution is 0.0593. The molecule has 1 atom stereocenters. The maximum atomic E-state index is 13.1. The predicted molar refractivity (Wildman–Crippen MR) is 126 cm³/mol. The Morgan fingerprint density at radius 3 is 2.27 bits per heavy atom. The molecule has 0 N–H and O–H groups in total. The number of rotatable bonds is 5. The minimum absolute atomic E-state index is 0.0759. The van der Waals surface area contributed by atoms with Crippen LogP contribution in [0.2, 0.25) is 0 Å². The van der Waals surface area contributed by atoms with Crippen molar-refractivity contribution in [3.8, 4) is 0 Å². The lowest BCUT2D eigenvalue weighted by Gasteiger charge is -2.40. The highest BCUT2D eigenvalue weighted by Crippen LogP contribution is 2.31. The van der Waals surface area contributed by atoms with Gasteiger partial charge in [0.25, 0.3) is 5.91 Å². The predicted octanol–water partition coefficient (Wildman–Crippen LogP) is 5.11. The van der Waals surface area contributed by atoms with Crippen LogP contribution in [0.3, 0.4) is 0 Å². The van der Waals surface area contributed by atoms with Gasteiger partial charge in [-0.25, -0.2) is 4.98 Å². The minimum Gasteiger partial charge on any atom is -0.336 e. The van der Waals surface area contributed by atoms with Crippen LogP contribution >= 0.6 is 27.7 Å². The third-order valence-corrected chi connectivity index (χ3v) is 6.70. The van der Waals surface area contributed by atoms with Crippen molar-refractivity contribution in [2.45, 2.75) is 11.1 Å². The zero-order valence-corrected chi connectivity index (χ0v) is 19.3. The van der Waals surface area contributed by atoms with Gasteiger partial charge in [0.1, 0.15) is 5.03 Å². The second kappa shape index (κ2) is 9.77. The summed E-state index contributed by atoms with van der Waals surface area (Å²) < 4.78 is 1.08. The molecule has 154 valence electrons. The highest BCUT2D eigenvalue weighted by Gasteiger charge is 2.29. The summed E-state index contributed by atoms with van der Waals surface area (Å²) in [6.07, 6.45) is 3.70. The van der Waals surface area contributed by atoms with Crippen LogP contribution in [0.4, 0.5) is 0 Å². The van der Waals surface area contributed by atoms with E-state index in [2.05, 4.69) is 80.4 Å². The molecule has 0 spiro atoms. The molecule has 2 aromatic carbocycles. The molecule has 0 radical (unpaired) electrons. The van der Waals surface area contributed by atoms with Gasteiger partial charge in [-0.3, -0.25) is 9.69 Å². The monoisotopic (exact) mass is 481 g/mol. The van der Waals surface area contributed by atoms with E-state index < -0.39 is 0 Å². The molecule has 4 rings (SSSR count). The summed E-state index contributed by atoms with van der Waals surface area (Å²) in [5.41, 5.74) is 3.24. The Kier molecular flexibility index (Phi) is 6.87. The van der Waals surface area contributed by atoms with Gasteiger partial charge < -0.3 is 4.90 Å². The first-order valence-corrected chi connectivity index (χ1v) is 12.0. The standard InChI is InChI=1S/C24H24BrN3OS/c1-30-23-21(8-5-13-26-23)24(29)28-16-14-27(15-17-28)22(18-6-3-2-4-7-18)19-9-11-20(25)12-10-19/h2-13,22H,14-17H2,1H3. The van der Waals surface area contributed by atoms with E-state index in [9.17, 15) is 4.79 Å². The van der Waals surface area contributed by atoms with E-state index in [0.717, 1.165) is 22.6 Å². The average molecular weight is 482 g/mol. The number of hydrogen-bond donors (Lipinski definition) is 0. The van der Waals surface area contributed by atoms with Crippen LogP contribution in [0.25, 0.3) is 0 Å². The molecule has 0 aliphatic carbocycles. The summed E-state index contributed by atoms with van der Waals surface area (Å²) >= 11 is 5.06. The minimum atomic E-state index is 0.0759. The normalized spacial score (nSPS) is 15.7. The van der Waals surface area contributed by atoms with Gasteiger partial charge in [0.05, 0.1) is 11.6 Å². The molecule has 6 heteroatoms. The molecule has 1 aliphatic heterocycles. The first-order valence-electron chi connectivity index (χ1n) is 10.00. The molecule has 3 aromatic rings. The highest BCUT2D eigenvalue weighted by molar-refractivity contribution is 9.10. The van der Waals surface area contributed by atoms with Crippen molar-refractivity contribution >= 4 is 33.6 Å². The first-order chi connectivity index (χ1) is 14.7. The maximum absolute atomic E-state index is 13.1. The summed E-state index contributed by atoms with van der Waals surface area (Å²) in [7, 11) is 0. The van der Waals surface area contributed by atoms with E-state index in [1.165, 1.54) is 22.9 Å². The van der Waals surface area contributed by atoms with E-state index in [1.54, 1.807) is 6.20 Å². The summed E-state index contributed by atoms with van der Waals surface area (Å²) in [5, 5.41) is 0.793. The smallest absolute Gasteiger partial charge is 0.256 e. The molecule has 1 amide bonds. The number of piperazine rings is 1. The maximum Gasteiger partial charge on any atom is 0.256 e. The highest BCUT2D eigenvalue weighted by atomic mass is 79.9. The Hall–Kier alpha value is -2.15. The van der Waals surface area contributed by atoms with Gasteiger partial charge in [0.2, 0.25) is 0 Å². The van der Waals surface area contributed by atoms with Crippen LogP contribution in [-0.2, 0) is 0 Å². The van der Waals surface area contributed by atoms with E-state index >= 15 is 0 Å². The lowest BCUT2D eigenvalue weighted by Crippen LogP contribution is -2.50. The van der Waals surface area contributed by atoms with E-state index in [1.807, 2.05) is 23.3 Å². The zero-order valence-electron chi connectivity index (χ0n) is 16.9. The van der Waals surface area contributed by atoms with Crippen LogP contribution in [0.1, 0.15) is 27.5 Å². The quantitative estimate of drug-likeness (QED) is 0.474. The largest absolute Gasteiger partial charge is 0.336 e. The third-order valence-electron chi connectivity index (χ3n) is 5.46. The fourth-order valence-corrected chi connectivity index (χ4v) is 4.77. The van der Waals surface area contributed by atoms with E-state index in [-0.39, 0.29) is 11.9 Å². The molecule has 1 unspecified atom stereocenters. The Labute approximate surface area is 190 Å². The lowest BCUT2D eigenvalue weighted by atomic mass is 9.96. The number of pyridine rings is 1. The van der Waals surface area contributed by atoms with Crippen LogP contribution < -0.4 is 0 Å². The fourth-order valence-electron chi connectivity index (χ4n) is 3.96. The second-order valence-electron chi connectivity index (χ2n) is 7.25. The number of carbonyl (C=O) groups excluding carboxylic acids is 1. The van der Waals surface area contributed by atoms with Crippen molar-refractivity contribution in [3.63, 3.8) is 0 Å². The van der Waals surface area contributed by atoms with Gasteiger partial charge in [-0.1, -0.05) is 58.4 Å². The summed E-state index contributed by atoms with van der Waals surface area (Å²) in [6, 6.07) is 23.0. The average Bonchev–Trinajstić information content (AvgIpc) is 2.81.